The topological polar surface area (TPSA) is 17.8 Å². The molecule has 8 aromatic rings. The van der Waals surface area contributed by atoms with E-state index in [-0.39, 0.29) is 0 Å². The fourth-order valence-corrected chi connectivity index (χ4v) is 6.08. The third-order valence-electron chi connectivity index (χ3n) is 8.06. The summed E-state index contributed by atoms with van der Waals surface area (Å²) in [5, 5.41) is 5.01. The van der Waals surface area contributed by atoms with Gasteiger partial charge < -0.3 is 4.57 Å². The fourth-order valence-electron chi connectivity index (χ4n) is 6.08. The lowest BCUT2D eigenvalue weighted by atomic mass is 9.94. The van der Waals surface area contributed by atoms with E-state index in [0.29, 0.717) is 0 Å². The SMILES string of the molecule is c1ccc(-c2cc(-c3ccc4ccccc4c3)cc3c4ccccc4n(-c4ccc(-c5cccnc5)cc4)c23)cc1. The summed E-state index contributed by atoms with van der Waals surface area (Å²) in [5.41, 5.74) is 10.7. The average molecular weight is 523 g/mol. The van der Waals surface area contributed by atoms with Crippen LogP contribution in [-0.2, 0) is 0 Å². The maximum atomic E-state index is 4.31. The van der Waals surface area contributed by atoms with E-state index in [4.69, 9.17) is 0 Å². The summed E-state index contributed by atoms with van der Waals surface area (Å²) in [6, 6.07) is 52.5. The lowest BCUT2D eigenvalue weighted by Gasteiger charge is -2.14. The molecule has 2 nitrogen and oxygen atoms in total. The predicted molar refractivity (Wildman–Crippen MR) is 172 cm³/mol. The molecule has 0 aliphatic carbocycles. The molecule has 0 saturated carbocycles. The molecule has 0 aliphatic heterocycles. The first-order valence-electron chi connectivity index (χ1n) is 14.0. The van der Waals surface area contributed by atoms with Crippen molar-refractivity contribution in [2.75, 3.05) is 0 Å². The van der Waals surface area contributed by atoms with E-state index in [0.717, 1.165) is 16.8 Å². The molecule has 0 saturated heterocycles. The third kappa shape index (κ3) is 4.00. The molecule has 0 fully saturated rings. The molecule has 0 amide bonds. The number of hydrogen-bond donors (Lipinski definition) is 0. The highest BCUT2D eigenvalue weighted by Crippen LogP contribution is 2.41. The zero-order chi connectivity index (χ0) is 27.2. The summed E-state index contributed by atoms with van der Waals surface area (Å²) in [6.07, 6.45) is 3.73. The Balaban J connectivity index is 1.41. The molecule has 6 aromatic carbocycles. The Hall–Kier alpha value is -5.47. The first-order chi connectivity index (χ1) is 20.3. The number of pyridine rings is 1. The van der Waals surface area contributed by atoms with Gasteiger partial charge in [-0.25, -0.2) is 0 Å². The van der Waals surface area contributed by atoms with Gasteiger partial charge in [-0.2, -0.15) is 0 Å². The quantitative estimate of drug-likeness (QED) is 0.225. The number of rotatable bonds is 4. The fraction of sp³-hybridized carbons (Fsp3) is 0. The average Bonchev–Trinajstić information content (AvgIpc) is 3.39. The molecule has 8 rings (SSSR count). The van der Waals surface area contributed by atoms with Crippen molar-refractivity contribution in [2.45, 2.75) is 0 Å². The summed E-state index contributed by atoms with van der Waals surface area (Å²) in [6.45, 7) is 0. The van der Waals surface area contributed by atoms with Crippen molar-refractivity contribution in [2.24, 2.45) is 0 Å². The van der Waals surface area contributed by atoms with Crippen LogP contribution in [0.1, 0.15) is 0 Å². The Morgan fingerprint density at radius 3 is 2.00 bits per heavy atom. The van der Waals surface area contributed by atoms with Crippen LogP contribution in [-0.4, -0.2) is 9.55 Å². The van der Waals surface area contributed by atoms with Gasteiger partial charge in [0.1, 0.15) is 0 Å². The van der Waals surface area contributed by atoms with Gasteiger partial charge in [0, 0.05) is 34.4 Å². The maximum Gasteiger partial charge on any atom is 0.0619 e. The zero-order valence-electron chi connectivity index (χ0n) is 22.4. The number of aromatic nitrogens is 2. The summed E-state index contributed by atoms with van der Waals surface area (Å²) in [7, 11) is 0. The molecule has 192 valence electrons. The highest BCUT2D eigenvalue weighted by atomic mass is 15.0. The van der Waals surface area contributed by atoms with Crippen molar-refractivity contribution in [3.63, 3.8) is 0 Å². The number of nitrogens with zero attached hydrogens (tertiary/aromatic N) is 2. The second-order valence-electron chi connectivity index (χ2n) is 10.5. The van der Waals surface area contributed by atoms with Gasteiger partial charge in [0.15, 0.2) is 0 Å². The van der Waals surface area contributed by atoms with E-state index >= 15 is 0 Å². The molecular formula is C39H26N2. The minimum Gasteiger partial charge on any atom is -0.309 e. The van der Waals surface area contributed by atoms with Gasteiger partial charge in [0.05, 0.1) is 11.0 Å². The minimum absolute atomic E-state index is 1.12. The van der Waals surface area contributed by atoms with Crippen molar-refractivity contribution in [3.05, 3.63) is 158 Å². The Labute approximate surface area is 238 Å². The highest BCUT2D eigenvalue weighted by Gasteiger charge is 2.18. The molecule has 0 bridgehead atoms. The van der Waals surface area contributed by atoms with Gasteiger partial charge >= 0.3 is 0 Å². The van der Waals surface area contributed by atoms with Crippen LogP contribution in [0.4, 0.5) is 0 Å². The first kappa shape index (κ1) is 23.4. The van der Waals surface area contributed by atoms with Crippen LogP contribution >= 0.6 is 0 Å². The van der Waals surface area contributed by atoms with Crippen LogP contribution in [0.15, 0.2) is 158 Å². The summed E-state index contributed by atoms with van der Waals surface area (Å²) in [5.74, 6) is 0. The van der Waals surface area contributed by atoms with Gasteiger partial charge in [-0.1, -0.05) is 103 Å². The molecule has 0 unspecified atom stereocenters. The zero-order valence-corrected chi connectivity index (χ0v) is 22.4. The van der Waals surface area contributed by atoms with Crippen molar-refractivity contribution in [1.29, 1.82) is 0 Å². The number of benzene rings is 6. The smallest absolute Gasteiger partial charge is 0.0619 e. The van der Waals surface area contributed by atoms with Gasteiger partial charge in [0.2, 0.25) is 0 Å². The second kappa shape index (κ2) is 9.62. The molecule has 2 heteroatoms. The molecule has 0 atom stereocenters. The van der Waals surface area contributed by atoms with Gasteiger partial charge in [0.25, 0.3) is 0 Å². The van der Waals surface area contributed by atoms with Crippen LogP contribution in [0.3, 0.4) is 0 Å². The van der Waals surface area contributed by atoms with E-state index in [1.54, 1.807) is 0 Å². The van der Waals surface area contributed by atoms with E-state index in [2.05, 4.69) is 149 Å². The lowest BCUT2D eigenvalue weighted by Crippen LogP contribution is -1.96. The van der Waals surface area contributed by atoms with Crippen molar-refractivity contribution >= 4 is 32.6 Å². The van der Waals surface area contributed by atoms with E-state index < -0.39 is 0 Å². The van der Waals surface area contributed by atoms with Crippen molar-refractivity contribution in [1.82, 2.24) is 9.55 Å². The van der Waals surface area contributed by atoms with Crippen LogP contribution < -0.4 is 0 Å². The van der Waals surface area contributed by atoms with E-state index in [1.165, 1.54) is 54.8 Å². The molecule has 41 heavy (non-hydrogen) atoms. The third-order valence-corrected chi connectivity index (χ3v) is 8.06. The molecule has 2 heterocycles. The second-order valence-corrected chi connectivity index (χ2v) is 10.5. The van der Waals surface area contributed by atoms with Crippen LogP contribution in [0.25, 0.3) is 71.6 Å². The lowest BCUT2D eigenvalue weighted by molar-refractivity contribution is 1.18. The molecule has 0 N–H and O–H groups in total. The normalized spacial score (nSPS) is 11.4. The Morgan fingerprint density at radius 2 is 1.17 bits per heavy atom. The highest BCUT2D eigenvalue weighted by molar-refractivity contribution is 6.15. The van der Waals surface area contributed by atoms with Crippen LogP contribution in [0.5, 0.6) is 0 Å². The maximum absolute atomic E-state index is 4.31. The molecule has 0 spiro atoms. The summed E-state index contributed by atoms with van der Waals surface area (Å²) >= 11 is 0. The minimum atomic E-state index is 1.12. The number of para-hydroxylation sites is 1. The van der Waals surface area contributed by atoms with Crippen LogP contribution in [0.2, 0.25) is 0 Å². The molecular weight excluding hydrogens is 496 g/mol. The number of hydrogen-bond acceptors (Lipinski definition) is 1. The number of fused-ring (bicyclic) bond motifs is 4. The monoisotopic (exact) mass is 522 g/mol. The standard InChI is InChI=1S/C39H26N2/c1-2-10-29(11-3-1)36-24-33(31-17-16-27-9-4-5-12-30(27)23-31)25-37-35-14-6-7-15-38(35)41(39(36)37)34-20-18-28(19-21-34)32-13-8-22-40-26-32/h1-26H. The predicted octanol–water partition coefficient (Wildman–Crippen LogP) is 10.3. The largest absolute Gasteiger partial charge is 0.309 e. The summed E-state index contributed by atoms with van der Waals surface area (Å²) in [4.78, 5) is 4.31. The Bertz CT molecular complexity index is 2170. The molecule has 0 aliphatic rings. The first-order valence-corrected chi connectivity index (χ1v) is 14.0. The van der Waals surface area contributed by atoms with Crippen molar-refractivity contribution in [3.8, 4) is 39.1 Å². The van der Waals surface area contributed by atoms with Crippen LogP contribution in [0, 0.1) is 0 Å². The van der Waals surface area contributed by atoms with E-state index in [1.807, 2.05) is 18.5 Å². The molecule has 2 aromatic heterocycles. The van der Waals surface area contributed by atoms with Crippen molar-refractivity contribution < 1.29 is 0 Å². The Morgan fingerprint density at radius 1 is 0.439 bits per heavy atom. The van der Waals surface area contributed by atoms with Gasteiger partial charge in [-0.15, -0.1) is 0 Å². The van der Waals surface area contributed by atoms with Gasteiger partial charge in [-0.05, 0) is 81.1 Å². The van der Waals surface area contributed by atoms with E-state index in [9.17, 15) is 0 Å². The molecule has 0 radical (unpaired) electrons. The summed E-state index contributed by atoms with van der Waals surface area (Å²) < 4.78 is 2.42. The van der Waals surface area contributed by atoms with Gasteiger partial charge in [-0.3, -0.25) is 4.98 Å². The Kier molecular flexibility index (Phi) is 5.49.